The lowest BCUT2D eigenvalue weighted by atomic mass is 10.0. The van der Waals surface area contributed by atoms with Crippen molar-refractivity contribution in [3.05, 3.63) is 59.7 Å². The number of carbonyl (C=O) groups is 2. The van der Waals surface area contributed by atoms with Gasteiger partial charge >= 0.3 is 0 Å². The van der Waals surface area contributed by atoms with Gasteiger partial charge in [-0.25, -0.2) is 0 Å². The first-order valence-corrected chi connectivity index (χ1v) is 7.26. The van der Waals surface area contributed by atoms with Crippen LogP contribution in [0.2, 0.25) is 0 Å². The molecule has 4 nitrogen and oxygen atoms in total. The van der Waals surface area contributed by atoms with Crippen molar-refractivity contribution in [3.8, 4) is 0 Å². The molecule has 2 aromatic carbocycles. The van der Waals surface area contributed by atoms with E-state index in [1.165, 1.54) is 6.92 Å². The van der Waals surface area contributed by atoms with Gasteiger partial charge in [-0.15, -0.1) is 0 Å². The Bertz CT molecular complexity index is 693. The summed E-state index contributed by atoms with van der Waals surface area (Å²) in [6, 6.07) is 14.7. The molecule has 0 aliphatic rings. The zero-order valence-corrected chi connectivity index (χ0v) is 13.0. The maximum absolute atomic E-state index is 12.5. The highest BCUT2D eigenvalue weighted by atomic mass is 16.2. The van der Waals surface area contributed by atoms with E-state index in [1.807, 2.05) is 24.3 Å². The highest BCUT2D eigenvalue weighted by molar-refractivity contribution is 6.10. The van der Waals surface area contributed by atoms with Crippen molar-refractivity contribution in [1.82, 2.24) is 0 Å². The van der Waals surface area contributed by atoms with E-state index in [0.29, 0.717) is 17.2 Å². The Labute approximate surface area is 130 Å². The topological polar surface area (TPSA) is 58.2 Å². The molecular formula is C18H20N2O2. The minimum absolute atomic E-state index is 0.206. The number of benzene rings is 2. The van der Waals surface area contributed by atoms with Gasteiger partial charge in [0.1, 0.15) is 0 Å². The van der Waals surface area contributed by atoms with Gasteiger partial charge in [0.25, 0.3) is 5.91 Å². The van der Waals surface area contributed by atoms with Crippen molar-refractivity contribution in [1.29, 1.82) is 0 Å². The third kappa shape index (κ3) is 3.73. The summed E-state index contributed by atoms with van der Waals surface area (Å²) in [6.45, 7) is 5.58. The normalized spacial score (nSPS) is 10.4. The van der Waals surface area contributed by atoms with Crippen LogP contribution >= 0.6 is 0 Å². The third-order valence-electron chi connectivity index (χ3n) is 3.31. The lowest BCUT2D eigenvalue weighted by Gasteiger charge is -2.15. The molecule has 0 spiro atoms. The fraction of sp³-hybridized carbons (Fsp3) is 0.222. The largest absolute Gasteiger partial charge is 0.326 e. The number of hydrogen-bond donors (Lipinski definition) is 2. The van der Waals surface area contributed by atoms with Gasteiger partial charge in [-0.1, -0.05) is 44.2 Å². The first-order valence-electron chi connectivity index (χ1n) is 7.26. The second kappa shape index (κ2) is 6.89. The summed E-state index contributed by atoms with van der Waals surface area (Å²) >= 11 is 0. The van der Waals surface area contributed by atoms with Gasteiger partial charge in [-0.2, -0.15) is 0 Å². The number of anilines is 2. The Morgan fingerprint density at radius 2 is 1.45 bits per heavy atom. The lowest BCUT2D eigenvalue weighted by Crippen LogP contribution is -2.17. The van der Waals surface area contributed by atoms with Crippen molar-refractivity contribution in [2.24, 2.45) is 0 Å². The minimum Gasteiger partial charge on any atom is -0.326 e. The van der Waals surface area contributed by atoms with Crippen LogP contribution < -0.4 is 10.6 Å². The Kier molecular flexibility index (Phi) is 4.94. The zero-order valence-electron chi connectivity index (χ0n) is 13.0. The number of hydrogen-bond acceptors (Lipinski definition) is 2. The van der Waals surface area contributed by atoms with Crippen LogP contribution in [0.5, 0.6) is 0 Å². The van der Waals surface area contributed by atoms with Crippen molar-refractivity contribution >= 4 is 23.2 Å². The Morgan fingerprint density at radius 1 is 0.864 bits per heavy atom. The van der Waals surface area contributed by atoms with E-state index in [0.717, 1.165) is 11.3 Å². The smallest absolute Gasteiger partial charge is 0.257 e. The first-order chi connectivity index (χ1) is 10.5. The molecule has 2 N–H and O–H groups in total. The molecule has 114 valence electrons. The lowest BCUT2D eigenvalue weighted by molar-refractivity contribution is -0.114. The average molecular weight is 296 g/mol. The Morgan fingerprint density at radius 3 is 2.09 bits per heavy atom. The fourth-order valence-corrected chi connectivity index (χ4v) is 2.28. The molecule has 0 fully saturated rings. The minimum atomic E-state index is -0.238. The van der Waals surface area contributed by atoms with Gasteiger partial charge in [0.05, 0.1) is 11.3 Å². The van der Waals surface area contributed by atoms with Crippen LogP contribution in [-0.2, 0) is 4.79 Å². The quantitative estimate of drug-likeness (QED) is 0.895. The Balaban J connectivity index is 2.29. The molecule has 0 aromatic heterocycles. The molecule has 0 aliphatic heterocycles. The van der Waals surface area contributed by atoms with E-state index < -0.39 is 0 Å². The summed E-state index contributed by atoms with van der Waals surface area (Å²) in [7, 11) is 0. The van der Waals surface area contributed by atoms with Crippen LogP contribution in [0, 0.1) is 0 Å². The molecule has 0 bridgehead atoms. The summed E-state index contributed by atoms with van der Waals surface area (Å²) in [5, 5.41) is 5.61. The van der Waals surface area contributed by atoms with Gasteiger partial charge < -0.3 is 10.6 Å². The average Bonchev–Trinajstić information content (AvgIpc) is 2.47. The maximum Gasteiger partial charge on any atom is 0.257 e. The second-order valence-electron chi connectivity index (χ2n) is 5.42. The van der Waals surface area contributed by atoms with Crippen LogP contribution in [0.15, 0.2) is 48.5 Å². The van der Waals surface area contributed by atoms with E-state index >= 15 is 0 Å². The van der Waals surface area contributed by atoms with Crippen LogP contribution in [-0.4, -0.2) is 11.8 Å². The third-order valence-corrected chi connectivity index (χ3v) is 3.31. The van der Waals surface area contributed by atoms with Gasteiger partial charge in [-0.3, -0.25) is 9.59 Å². The molecule has 0 saturated heterocycles. The van der Waals surface area contributed by atoms with E-state index in [9.17, 15) is 9.59 Å². The predicted octanol–water partition coefficient (Wildman–Crippen LogP) is 4.02. The van der Waals surface area contributed by atoms with Gasteiger partial charge in [0, 0.05) is 12.6 Å². The van der Waals surface area contributed by atoms with Crippen LogP contribution in [0.3, 0.4) is 0 Å². The fourth-order valence-electron chi connectivity index (χ4n) is 2.28. The van der Waals surface area contributed by atoms with E-state index in [1.54, 1.807) is 24.3 Å². The van der Waals surface area contributed by atoms with Crippen molar-refractivity contribution in [3.63, 3.8) is 0 Å². The summed E-state index contributed by atoms with van der Waals surface area (Å²) in [4.78, 5) is 23.8. The number of amides is 2. The van der Waals surface area contributed by atoms with Gasteiger partial charge in [0.15, 0.2) is 0 Å². The second-order valence-corrected chi connectivity index (χ2v) is 5.42. The number of nitrogens with one attached hydrogen (secondary N) is 2. The number of para-hydroxylation sites is 2. The molecule has 2 aromatic rings. The summed E-state index contributed by atoms with van der Waals surface area (Å²) < 4.78 is 0. The van der Waals surface area contributed by atoms with Crippen LogP contribution in [0.1, 0.15) is 42.6 Å². The molecule has 0 aliphatic carbocycles. The van der Waals surface area contributed by atoms with Crippen molar-refractivity contribution in [2.45, 2.75) is 26.7 Å². The molecule has 0 saturated carbocycles. The molecule has 0 radical (unpaired) electrons. The monoisotopic (exact) mass is 296 g/mol. The van der Waals surface area contributed by atoms with Crippen molar-refractivity contribution < 1.29 is 9.59 Å². The van der Waals surface area contributed by atoms with Crippen LogP contribution in [0.4, 0.5) is 11.4 Å². The first kappa shape index (κ1) is 15.8. The molecule has 22 heavy (non-hydrogen) atoms. The maximum atomic E-state index is 12.5. The molecule has 2 amide bonds. The summed E-state index contributed by atoms with van der Waals surface area (Å²) in [5.41, 5.74) is 2.82. The van der Waals surface area contributed by atoms with Gasteiger partial charge in [-0.05, 0) is 29.7 Å². The summed E-state index contributed by atoms with van der Waals surface area (Å²) in [5.74, 6) is -0.137. The number of carbonyl (C=O) groups excluding carboxylic acids is 2. The molecule has 0 atom stereocenters. The molecule has 0 heterocycles. The molecular weight excluding hydrogens is 276 g/mol. The zero-order chi connectivity index (χ0) is 16.1. The summed E-state index contributed by atoms with van der Waals surface area (Å²) in [6.07, 6.45) is 0. The van der Waals surface area contributed by atoms with E-state index in [2.05, 4.69) is 24.5 Å². The van der Waals surface area contributed by atoms with E-state index in [-0.39, 0.29) is 11.8 Å². The van der Waals surface area contributed by atoms with Gasteiger partial charge in [0.2, 0.25) is 5.91 Å². The predicted molar refractivity (Wildman–Crippen MR) is 89.2 cm³/mol. The van der Waals surface area contributed by atoms with E-state index in [4.69, 9.17) is 0 Å². The molecule has 2 rings (SSSR count). The molecule has 0 unspecified atom stereocenters. The highest BCUT2D eigenvalue weighted by Gasteiger charge is 2.14. The number of rotatable bonds is 4. The SMILES string of the molecule is CC(=O)Nc1ccccc1C(=O)Nc1ccccc1C(C)C. The standard InChI is InChI=1S/C18H20N2O2/c1-12(2)14-8-4-6-10-16(14)20-18(22)15-9-5-7-11-17(15)19-13(3)21/h4-12H,1-3H3,(H,19,21)(H,20,22). The van der Waals surface area contributed by atoms with Crippen LogP contribution in [0.25, 0.3) is 0 Å². The van der Waals surface area contributed by atoms with Crippen molar-refractivity contribution in [2.75, 3.05) is 10.6 Å². The highest BCUT2D eigenvalue weighted by Crippen LogP contribution is 2.25. The molecule has 4 heteroatoms. The Hall–Kier alpha value is -2.62.